The van der Waals surface area contributed by atoms with Crippen molar-refractivity contribution in [2.75, 3.05) is 40.5 Å². The molecule has 5 nitrogen and oxygen atoms in total. The Kier molecular flexibility index (Phi) is 9.94. The monoisotopic (exact) mass is 469 g/mol. The Morgan fingerprint density at radius 2 is 1.79 bits per heavy atom. The van der Waals surface area contributed by atoms with Crippen LogP contribution in [0.15, 0.2) is 30.3 Å². The maximum absolute atomic E-state index is 6.49. The van der Waals surface area contributed by atoms with E-state index in [2.05, 4.69) is 44.0 Å². The van der Waals surface area contributed by atoms with E-state index in [9.17, 15) is 0 Å². The highest BCUT2D eigenvalue weighted by molar-refractivity contribution is 5.71. The van der Waals surface area contributed by atoms with Crippen LogP contribution in [0.4, 0.5) is 0 Å². The number of hydrogen-bond donors (Lipinski definition) is 0. The van der Waals surface area contributed by atoms with Crippen molar-refractivity contribution in [2.24, 2.45) is 5.92 Å². The first kappa shape index (κ1) is 26.2. The van der Waals surface area contributed by atoms with E-state index in [0.717, 1.165) is 59.9 Å². The van der Waals surface area contributed by atoms with Crippen LogP contribution >= 0.6 is 0 Å². The maximum Gasteiger partial charge on any atom is 0.164 e. The van der Waals surface area contributed by atoms with E-state index < -0.39 is 0 Å². The number of hydrogen-bond acceptors (Lipinski definition) is 5. The van der Waals surface area contributed by atoms with Crippen LogP contribution in [0.3, 0.4) is 0 Å². The lowest BCUT2D eigenvalue weighted by molar-refractivity contribution is 0.146. The van der Waals surface area contributed by atoms with Gasteiger partial charge in [0.25, 0.3) is 0 Å². The van der Waals surface area contributed by atoms with Crippen molar-refractivity contribution in [3.63, 3.8) is 0 Å². The molecule has 1 heterocycles. The number of unbranched alkanes of at least 4 members (excludes halogenated alkanes) is 1. The minimum Gasteiger partial charge on any atom is -0.493 e. The Morgan fingerprint density at radius 3 is 2.47 bits per heavy atom. The molecular formula is C29H43NO4. The summed E-state index contributed by atoms with van der Waals surface area (Å²) >= 11 is 0. The van der Waals surface area contributed by atoms with Gasteiger partial charge < -0.3 is 23.8 Å². The summed E-state index contributed by atoms with van der Waals surface area (Å²) < 4.78 is 24.3. The van der Waals surface area contributed by atoms with Gasteiger partial charge >= 0.3 is 0 Å². The fourth-order valence-electron chi connectivity index (χ4n) is 4.49. The smallest absolute Gasteiger partial charge is 0.164 e. The molecule has 0 saturated carbocycles. The van der Waals surface area contributed by atoms with Crippen molar-refractivity contribution >= 4 is 0 Å². The summed E-state index contributed by atoms with van der Waals surface area (Å²) in [5.74, 6) is 3.79. The number of benzene rings is 2. The molecular weight excluding hydrogens is 426 g/mol. The van der Waals surface area contributed by atoms with Gasteiger partial charge in [-0.25, -0.2) is 0 Å². The second kappa shape index (κ2) is 12.9. The normalized spacial score (nSPS) is 16.5. The predicted octanol–water partition coefficient (Wildman–Crippen LogP) is 6.61. The second-order valence-electron chi connectivity index (χ2n) is 9.63. The molecule has 5 heteroatoms. The molecule has 3 rings (SSSR count). The van der Waals surface area contributed by atoms with Crippen LogP contribution in [0.2, 0.25) is 0 Å². The molecule has 0 spiro atoms. The molecule has 2 aromatic carbocycles. The van der Waals surface area contributed by atoms with E-state index in [4.69, 9.17) is 18.9 Å². The SMILES string of the molecule is CCCCOc1c(CC)cc(-c2ccc(OC(C)C)c(OC)c2)cc1OCC1CCCN(C)C1. The van der Waals surface area contributed by atoms with E-state index in [1.165, 1.54) is 24.9 Å². The van der Waals surface area contributed by atoms with Gasteiger partial charge in [-0.3, -0.25) is 0 Å². The van der Waals surface area contributed by atoms with Gasteiger partial charge in [0.1, 0.15) is 0 Å². The topological polar surface area (TPSA) is 40.2 Å². The zero-order valence-corrected chi connectivity index (χ0v) is 22.0. The van der Waals surface area contributed by atoms with Crippen LogP contribution in [-0.4, -0.2) is 51.5 Å². The third-order valence-electron chi connectivity index (χ3n) is 6.31. The molecule has 0 aliphatic carbocycles. The van der Waals surface area contributed by atoms with Crippen LogP contribution in [0.1, 0.15) is 58.9 Å². The van der Waals surface area contributed by atoms with Gasteiger partial charge in [-0.15, -0.1) is 0 Å². The molecule has 0 radical (unpaired) electrons. The minimum atomic E-state index is 0.0878. The van der Waals surface area contributed by atoms with Crippen LogP contribution in [0, 0.1) is 5.92 Å². The molecule has 1 aliphatic rings. The van der Waals surface area contributed by atoms with E-state index in [1.54, 1.807) is 7.11 Å². The average molecular weight is 470 g/mol. The third-order valence-corrected chi connectivity index (χ3v) is 6.31. The summed E-state index contributed by atoms with van der Waals surface area (Å²) in [6.07, 6.45) is 5.55. The number of piperidine rings is 1. The van der Waals surface area contributed by atoms with Gasteiger partial charge in [-0.1, -0.05) is 26.3 Å². The van der Waals surface area contributed by atoms with E-state index >= 15 is 0 Å². The number of ether oxygens (including phenoxy) is 4. The number of nitrogens with zero attached hydrogens (tertiary/aromatic N) is 1. The molecule has 1 unspecified atom stereocenters. The Hall–Kier alpha value is -2.40. The number of likely N-dealkylation sites (tertiary alicyclic amines) is 1. The molecule has 1 aliphatic heterocycles. The van der Waals surface area contributed by atoms with Crippen molar-refractivity contribution in [3.05, 3.63) is 35.9 Å². The molecule has 0 aromatic heterocycles. The third kappa shape index (κ3) is 7.05. The Labute approximate surface area is 206 Å². The maximum atomic E-state index is 6.49. The van der Waals surface area contributed by atoms with Crippen LogP contribution in [0.25, 0.3) is 11.1 Å². The van der Waals surface area contributed by atoms with Crippen molar-refractivity contribution in [2.45, 2.75) is 65.9 Å². The lowest BCUT2D eigenvalue weighted by Gasteiger charge is -2.30. The number of aryl methyl sites for hydroxylation is 1. The van der Waals surface area contributed by atoms with E-state index in [1.807, 2.05) is 26.0 Å². The highest BCUT2D eigenvalue weighted by atomic mass is 16.5. The molecule has 0 N–H and O–H groups in total. The van der Waals surface area contributed by atoms with Crippen LogP contribution < -0.4 is 18.9 Å². The molecule has 1 fully saturated rings. The van der Waals surface area contributed by atoms with Gasteiger partial charge in [-0.2, -0.15) is 0 Å². The Bertz CT molecular complexity index is 911. The fourth-order valence-corrected chi connectivity index (χ4v) is 4.49. The summed E-state index contributed by atoms with van der Waals surface area (Å²) in [6.45, 7) is 12.1. The Morgan fingerprint density at radius 1 is 1.00 bits per heavy atom. The largest absolute Gasteiger partial charge is 0.493 e. The van der Waals surface area contributed by atoms with Gasteiger partial charge in [0.05, 0.1) is 26.4 Å². The summed E-state index contributed by atoms with van der Waals surface area (Å²) in [7, 11) is 3.88. The molecule has 0 amide bonds. The molecule has 0 bridgehead atoms. The van der Waals surface area contributed by atoms with E-state index in [-0.39, 0.29) is 6.10 Å². The number of methoxy groups -OCH3 is 1. The van der Waals surface area contributed by atoms with Crippen LogP contribution in [0.5, 0.6) is 23.0 Å². The van der Waals surface area contributed by atoms with Crippen molar-refractivity contribution < 1.29 is 18.9 Å². The first-order chi connectivity index (χ1) is 16.4. The van der Waals surface area contributed by atoms with Gasteiger partial charge in [0, 0.05) is 12.5 Å². The van der Waals surface area contributed by atoms with Gasteiger partial charge in [-0.05, 0) is 94.1 Å². The van der Waals surface area contributed by atoms with Gasteiger partial charge in [0.15, 0.2) is 23.0 Å². The number of rotatable bonds is 12. The van der Waals surface area contributed by atoms with Gasteiger partial charge in [0.2, 0.25) is 0 Å². The Balaban J connectivity index is 1.93. The van der Waals surface area contributed by atoms with Crippen molar-refractivity contribution in [1.82, 2.24) is 4.90 Å². The molecule has 34 heavy (non-hydrogen) atoms. The minimum absolute atomic E-state index is 0.0878. The average Bonchev–Trinajstić information content (AvgIpc) is 2.83. The van der Waals surface area contributed by atoms with E-state index in [0.29, 0.717) is 19.1 Å². The molecule has 1 saturated heterocycles. The highest BCUT2D eigenvalue weighted by Crippen LogP contribution is 2.40. The fraction of sp³-hybridized carbons (Fsp3) is 0.586. The zero-order valence-electron chi connectivity index (χ0n) is 22.0. The lowest BCUT2D eigenvalue weighted by atomic mass is 9.98. The molecule has 1 atom stereocenters. The van der Waals surface area contributed by atoms with Crippen molar-refractivity contribution in [3.8, 4) is 34.1 Å². The summed E-state index contributed by atoms with van der Waals surface area (Å²) in [6, 6.07) is 10.5. The molecule has 2 aromatic rings. The standard InChI is InChI=1S/C29H43NO4/c1-7-9-15-32-29-23(8-2)16-25(18-28(29)33-20-22-11-10-14-30(5)19-22)24-12-13-26(34-21(3)4)27(17-24)31-6/h12-13,16-18,21-22H,7-11,14-15,19-20H2,1-6H3. The quantitative estimate of drug-likeness (QED) is 0.327. The summed E-state index contributed by atoms with van der Waals surface area (Å²) in [5.41, 5.74) is 3.35. The zero-order chi connectivity index (χ0) is 24.5. The lowest BCUT2D eigenvalue weighted by Crippen LogP contribution is -2.34. The predicted molar refractivity (Wildman–Crippen MR) is 140 cm³/mol. The first-order valence-corrected chi connectivity index (χ1v) is 12.9. The van der Waals surface area contributed by atoms with Crippen LogP contribution in [-0.2, 0) is 6.42 Å². The molecule has 188 valence electrons. The van der Waals surface area contributed by atoms with Crippen molar-refractivity contribution in [1.29, 1.82) is 0 Å². The summed E-state index contributed by atoms with van der Waals surface area (Å²) in [5, 5.41) is 0. The first-order valence-electron chi connectivity index (χ1n) is 12.9. The second-order valence-corrected chi connectivity index (χ2v) is 9.63. The summed E-state index contributed by atoms with van der Waals surface area (Å²) in [4.78, 5) is 2.40. The highest BCUT2D eigenvalue weighted by Gasteiger charge is 2.20.